The number of ether oxygens (including phenoxy) is 1. The van der Waals surface area contributed by atoms with Crippen molar-refractivity contribution < 1.29 is 14.6 Å². The van der Waals surface area contributed by atoms with Gasteiger partial charge in [-0.05, 0) is 26.3 Å². The van der Waals surface area contributed by atoms with Gasteiger partial charge in [-0.15, -0.1) is 12.3 Å². The smallest absolute Gasteiger partial charge is 0.408 e. The van der Waals surface area contributed by atoms with E-state index in [0.717, 1.165) is 0 Å². The van der Waals surface area contributed by atoms with E-state index >= 15 is 0 Å². The van der Waals surface area contributed by atoms with Crippen LogP contribution < -0.4 is 5.32 Å². The predicted octanol–water partition coefficient (Wildman–Crippen LogP) is 2.64. The maximum absolute atomic E-state index is 11.8. The van der Waals surface area contributed by atoms with Crippen molar-refractivity contribution in [2.24, 2.45) is 0 Å². The molecule has 0 unspecified atom stereocenters. The van der Waals surface area contributed by atoms with Crippen molar-refractivity contribution in [1.82, 2.24) is 5.32 Å². The summed E-state index contributed by atoms with van der Waals surface area (Å²) in [5.74, 6) is 2.46. The van der Waals surface area contributed by atoms with Gasteiger partial charge in [-0.2, -0.15) is 0 Å². The lowest BCUT2D eigenvalue weighted by atomic mass is 10.0. The van der Waals surface area contributed by atoms with E-state index in [4.69, 9.17) is 11.2 Å². The van der Waals surface area contributed by atoms with E-state index in [1.165, 1.54) is 0 Å². The van der Waals surface area contributed by atoms with Gasteiger partial charge < -0.3 is 15.2 Å². The third-order valence-corrected chi connectivity index (χ3v) is 2.56. The molecule has 0 aliphatic carbocycles. The van der Waals surface area contributed by atoms with E-state index in [9.17, 15) is 9.90 Å². The van der Waals surface area contributed by atoms with Gasteiger partial charge in [0.25, 0.3) is 0 Å². The largest absolute Gasteiger partial charge is 0.444 e. The molecule has 0 saturated carbocycles. The highest BCUT2D eigenvalue weighted by Crippen LogP contribution is 2.19. The second-order valence-corrected chi connectivity index (χ2v) is 5.52. The van der Waals surface area contributed by atoms with Gasteiger partial charge in [-0.25, -0.2) is 4.79 Å². The van der Waals surface area contributed by atoms with E-state index in [2.05, 4.69) is 11.2 Å². The monoisotopic (exact) mass is 275 g/mol. The van der Waals surface area contributed by atoms with Crippen LogP contribution in [-0.2, 0) is 4.74 Å². The summed E-state index contributed by atoms with van der Waals surface area (Å²) in [7, 11) is 0. The highest BCUT2D eigenvalue weighted by Gasteiger charge is 2.24. The lowest BCUT2D eigenvalue weighted by molar-refractivity contribution is 0.0425. The number of benzene rings is 1. The maximum Gasteiger partial charge on any atom is 0.408 e. The van der Waals surface area contributed by atoms with Crippen molar-refractivity contribution in [3.63, 3.8) is 0 Å². The minimum Gasteiger partial charge on any atom is -0.444 e. The van der Waals surface area contributed by atoms with Crippen molar-refractivity contribution >= 4 is 6.09 Å². The molecule has 0 aliphatic heterocycles. The first kappa shape index (κ1) is 16.1. The Hall–Kier alpha value is -1.99. The van der Waals surface area contributed by atoms with Gasteiger partial charge in [-0.3, -0.25) is 0 Å². The summed E-state index contributed by atoms with van der Waals surface area (Å²) in [6.45, 7) is 5.32. The molecule has 0 bridgehead atoms. The summed E-state index contributed by atoms with van der Waals surface area (Å²) in [6.07, 6.45) is 4.05. The van der Waals surface area contributed by atoms with Crippen LogP contribution in [0, 0.1) is 12.3 Å². The van der Waals surface area contributed by atoms with E-state index in [1.54, 1.807) is 32.9 Å². The standard InChI is InChI=1S/C16H21NO3/c1-5-9-13(17-15(19)20-16(2,3)4)14(18)12-10-7-6-8-11-12/h1,6-8,10-11,13-14,18H,9H2,2-4H3,(H,17,19)/t13-,14+/m0/s1. The van der Waals surface area contributed by atoms with Gasteiger partial charge >= 0.3 is 6.09 Å². The average Bonchev–Trinajstić information content (AvgIpc) is 2.36. The number of aliphatic hydroxyl groups excluding tert-OH is 1. The predicted molar refractivity (Wildman–Crippen MR) is 78.0 cm³/mol. The van der Waals surface area contributed by atoms with Crippen molar-refractivity contribution in [2.45, 2.75) is 44.9 Å². The number of amides is 1. The first-order chi connectivity index (χ1) is 9.33. The Balaban J connectivity index is 2.74. The molecule has 1 aromatic rings. The van der Waals surface area contributed by atoms with Crippen LogP contribution in [0.5, 0.6) is 0 Å². The lowest BCUT2D eigenvalue weighted by Gasteiger charge is -2.25. The Bertz CT molecular complexity index is 471. The molecule has 2 N–H and O–H groups in total. The molecule has 1 rings (SSSR count). The first-order valence-corrected chi connectivity index (χ1v) is 6.49. The molecule has 0 heterocycles. The summed E-state index contributed by atoms with van der Waals surface area (Å²) in [5, 5.41) is 12.9. The first-order valence-electron chi connectivity index (χ1n) is 6.49. The number of aliphatic hydroxyl groups is 1. The van der Waals surface area contributed by atoms with Gasteiger partial charge in [0.2, 0.25) is 0 Å². The van der Waals surface area contributed by atoms with Crippen LogP contribution in [0.25, 0.3) is 0 Å². The molecule has 0 aliphatic rings. The van der Waals surface area contributed by atoms with Crippen LogP contribution in [0.4, 0.5) is 4.79 Å². The Labute approximate surface area is 120 Å². The van der Waals surface area contributed by atoms with Crippen LogP contribution >= 0.6 is 0 Å². The van der Waals surface area contributed by atoms with E-state index in [0.29, 0.717) is 5.56 Å². The van der Waals surface area contributed by atoms with Crippen LogP contribution in [-0.4, -0.2) is 22.8 Å². The molecule has 0 aromatic heterocycles. The number of hydrogen-bond donors (Lipinski definition) is 2. The Morgan fingerprint density at radius 2 is 2.00 bits per heavy atom. The van der Waals surface area contributed by atoms with Crippen molar-refractivity contribution in [3.05, 3.63) is 35.9 Å². The molecule has 0 fully saturated rings. The molecular formula is C16H21NO3. The topological polar surface area (TPSA) is 58.6 Å². The van der Waals surface area contributed by atoms with Crippen LogP contribution in [0.1, 0.15) is 38.9 Å². The zero-order chi connectivity index (χ0) is 15.2. The SMILES string of the molecule is C#CC[C@H](NC(=O)OC(C)(C)C)[C@H](O)c1ccccc1. The van der Waals surface area contributed by atoms with Gasteiger partial charge in [0.15, 0.2) is 0 Å². The summed E-state index contributed by atoms with van der Waals surface area (Å²) in [4.78, 5) is 11.8. The van der Waals surface area contributed by atoms with Crippen molar-refractivity contribution in [2.75, 3.05) is 0 Å². The molecule has 0 radical (unpaired) electrons. The Kier molecular flexibility index (Phi) is 5.60. The number of terminal acetylenes is 1. The molecule has 1 aromatic carbocycles. The second kappa shape index (κ2) is 6.97. The average molecular weight is 275 g/mol. The fourth-order valence-corrected chi connectivity index (χ4v) is 1.71. The number of nitrogens with one attached hydrogen (secondary N) is 1. The highest BCUT2D eigenvalue weighted by atomic mass is 16.6. The number of carbonyl (C=O) groups excluding carboxylic acids is 1. The molecule has 0 spiro atoms. The van der Waals surface area contributed by atoms with Crippen LogP contribution in [0.15, 0.2) is 30.3 Å². The molecule has 2 atom stereocenters. The zero-order valence-electron chi connectivity index (χ0n) is 12.1. The minimum atomic E-state index is -0.875. The molecular weight excluding hydrogens is 254 g/mol. The normalized spacial score (nSPS) is 13.9. The summed E-state index contributed by atoms with van der Waals surface area (Å²) >= 11 is 0. The third-order valence-electron chi connectivity index (χ3n) is 2.56. The molecule has 0 saturated heterocycles. The highest BCUT2D eigenvalue weighted by molar-refractivity contribution is 5.68. The number of alkyl carbamates (subject to hydrolysis) is 1. The second-order valence-electron chi connectivity index (χ2n) is 5.52. The Morgan fingerprint density at radius 3 is 2.50 bits per heavy atom. The van der Waals surface area contributed by atoms with Crippen LogP contribution in [0.3, 0.4) is 0 Å². The molecule has 4 nitrogen and oxygen atoms in total. The Morgan fingerprint density at radius 1 is 1.40 bits per heavy atom. The zero-order valence-corrected chi connectivity index (χ0v) is 12.1. The molecule has 108 valence electrons. The third kappa shape index (κ3) is 5.33. The fourth-order valence-electron chi connectivity index (χ4n) is 1.71. The molecule has 4 heteroatoms. The summed E-state index contributed by atoms with van der Waals surface area (Å²) < 4.78 is 5.17. The van der Waals surface area contributed by atoms with Gasteiger partial charge in [-0.1, -0.05) is 30.3 Å². The minimum absolute atomic E-state index is 0.218. The maximum atomic E-state index is 11.8. The van der Waals surface area contributed by atoms with E-state index in [1.807, 2.05) is 18.2 Å². The summed E-state index contributed by atoms with van der Waals surface area (Å²) in [6, 6.07) is 8.47. The van der Waals surface area contributed by atoms with Gasteiger partial charge in [0.05, 0.1) is 6.04 Å². The molecule has 1 amide bonds. The van der Waals surface area contributed by atoms with E-state index < -0.39 is 23.8 Å². The number of rotatable bonds is 4. The molecule has 20 heavy (non-hydrogen) atoms. The van der Waals surface area contributed by atoms with Gasteiger partial charge in [0.1, 0.15) is 11.7 Å². The summed E-state index contributed by atoms with van der Waals surface area (Å²) in [5.41, 5.74) is 0.103. The quantitative estimate of drug-likeness (QED) is 0.830. The van der Waals surface area contributed by atoms with E-state index in [-0.39, 0.29) is 6.42 Å². The van der Waals surface area contributed by atoms with Gasteiger partial charge in [0, 0.05) is 6.42 Å². The fraction of sp³-hybridized carbons (Fsp3) is 0.438. The van der Waals surface area contributed by atoms with Crippen molar-refractivity contribution in [3.8, 4) is 12.3 Å². The number of carbonyl (C=O) groups is 1. The van der Waals surface area contributed by atoms with Crippen molar-refractivity contribution in [1.29, 1.82) is 0 Å². The van der Waals surface area contributed by atoms with Crippen LogP contribution in [0.2, 0.25) is 0 Å². The number of hydrogen-bond acceptors (Lipinski definition) is 3. The lowest BCUT2D eigenvalue weighted by Crippen LogP contribution is -2.42.